The van der Waals surface area contributed by atoms with Gasteiger partial charge in [-0.3, -0.25) is 0 Å². The second-order valence-electron chi connectivity index (χ2n) is 4.73. The third-order valence-corrected chi connectivity index (χ3v) is 4.96. The minimum atomic E-state index is -0.314. The van der Waals surface area contributed by atoms with E-state index in [2.05, 4.69) is 34.8 Å². The predicted molar refractivity (Wildman–Crippen MR) is 95.7 cm³/mol. The standard InChI is InChI=1S/C16H15Cl2FIN/c1-2-7-21-16(10-3-6-15(20)13(18)8-10)12-5-4-11(17)9-14(12)19/h3-6,8-9,16,21H,2,7H2,1H3. The lowest BCUT2D eigenvalue weighted by Gasteiger charge is -2.21. The van der Waals surface area contributed by atoms with Crippen LogP contribution in [0.2, 0.25) is 10.0 Å². The molecular weight excluding hydrogens is 423 g/mol. The maximum Gasteiger partial charge on any atom is 0.129 e. The van der Waals surface area contributed by atoms with Gasteiger partial charge in [0.1, 0.15) is 5.82 Å². The van der Waals surface area contributed by atoms with Gasteiger partial charge in [0, 0.05) is 14.2 Å². The molecule has 0 bridgehead atoms. The molecule has 1 unspecified atom stereocenters. The van der Waals surface area contributed by atoms with Crippen LogP contribution < -0.4 is 5.32 Å². The van der Waals surface area contributed by atoms with Crippen molar-refractivity contribution in [2.75, 3.05) is 6.54 Å². The zero-order valence-electron chi connectivity index (χ0n) is 11.5. The van der Waals surface area contributed by atoms with Crippen LogP contribution in [-0.4, -0.2) is 6.54 Å². The normalized spacial score (nSPS) is 12.4. The molecule has 1 N–H and O–H groups in total. The van der Waals surface area contributed by atoms with Crippen LogP contribution in [0.3, 0.4) is 0 Å². The molecular formula is C16H15Cl2FIN. The molecule has 0 aromatic heterocycles. The lowest BCUT2D eigenvalue weighted by atomic mass is 9.98. The van der Waals surface area contributed by atoms with E-state index in [0.717, 1.165) is 22.1 Å². The minimum Gasteiger partial charge on any atom is -0.306 e. The Hall–Kier alpha value is -0.360. The predicted octanol–water partition coefficient (Wildman–Crippen LogP) is 5.83. The van der Waals surface area contributed by atoms with E-state index in [-0.39, 0.29) is 11.9 Å². The van der Waals surface area contributed by atoms with E-state index in [1.54, 1.807) is 12.1 Å². The van der Waals surface area contributed by atoms with Crippen molar-refractivity contribution in [3.05, 3.63) is 67.0 Å². The number of hydrogen-bond acceptors (Lipinski definition) is 1. The molecule has 2 aromatic carbocycles. The van der Waals surface area contributed by atoms with E-state index < -0.39 is 0 Å². The molecule has 0 radical (unpaired) electrons. The highest BCUT2D eigenvalue weighted by molar-refractivity contribution is 14.1. The summed E-state index contributed by atoms with van der Waals surface area (Å²) in [5, 5.41) is 4.43. The molecule has 112 valence electrons. The Bertz CT molecular complexity index is 634. The van der Waals surface area contributed by atoms with Crippen molar-refractivity contribution in [2.24, 2.45) is 0 Å². The zero-order chi connectivity index (χ0) is 15.4. The highest BCUT2D eigenvalue weighted by Crippen LogP contribution is 2.29. The Labute approximate surface area is 148 Å². The maximum absolute atomic E-state index is 14.2. The van der Waals surface area contributed by atoms with E-state index in [1.807, 2.05) is 18.2 Å². The first kappa shape index (κ1) is 17.0. The highest BCUT2D eigenvalue weighted by Gasteiger charge is 2.18. The van der Waals surface area contributed by atoms with Gasteiger partial charge in [0.05, 0.1) is 11.1 Å². The first-order valence-electron chi connectivity index (χ1n) is 6.66. The molecule has 21 heavy (non-hydrogen) atoms. The first-order valence-corrected chi connectivity index (χ1v) is 8.49. The van der Waals surface area contributed by atoms with E-state index >= 15 is 0 Å². The van der Waals surface area contributed by atoms with Crippen molar-refractivity contribution in [1.29, 1.82) is 0 Å². The van der Waals surface area contributed by atoms with E-state index in [0.29, 0.717) is 15.6 Å². The van der Waals surface area contributed by atoms with Crippen LogP contribution in [-0.2, 0) is 0 Å². The molecule has 0 amide bonds. The van der Waals surface area contributed by atoms with Gasteiger partial charge in [-0.25, -0.2) is 4.39 Å². The van der Waals surface area contributed by atoms with Crippen LogP contribution >= 0.6 is 45.8 Å². The third kappa shape index (κ3) is 4.31. The molecule has 1 nitrogen and oxygen atoms in total. The molecule has 0 saturated heterocycles. The minimum absolute atomic E-state index is 0.239. The fourth-order valence-electron chi connectivity index (χ4n) is 2.12. The monoisotopic (exact) mass is 437 g/mol. The summed E-state index contributed by atoms with van der Waals surface area (Å²) in [6, 6.07) is 10.3. The maximum atomic E-state index is 14.2. The average Bonchev–Trinajstić information content (AvgIpc) is 2.44. The van der Waals surface area contributed by atoms with Crippen molar-refractivity contribution < 1.29 is 4.39 Å². The van der Waals surface area contributed by atoms with Gasteiger partial charge < -0.3 is 5.32 Å². The van der Waals surface area contributed by atoms with Crippen LogP contribution in [0, 0.1) is 9.39 Å². The van der Waals surface area contributed by atoms with Crippen molar-refractivity contribution in [3.8, 4) is 0 Å². The lowest BCUT2D eigenvalue weighted by molar-refractivity contribution is 0.547. The third-order valence-electron chi connectivity index (χ3n) is 3.15. The summed E-state index contributed by atoms with van der Waals surface area (Å²) >= 11 is 14.2. The second kappa shape index (κ2) is 7.77. The van der Waals surface area contributed by atoms with Gasteiger partial charge >= 0.3 is 0 Å². The summed E-state index contributed by atoms with van der Waals surface area (Å²) in [4.78, 5) is 0. The summed E-state index contributed by atoms with van der Waals surface area (Å²) in [6.07, 6.45) is 0.962. The number of benzene rings is 2. The summed E-state index contributed by atoms with van der Waals surface area (Å²) in [6.45, 7) is 2.86. The molecule has 1 atom stereocenters. The van der Waals surface area contributed by atoms with E-state index in [4.69, 9.17) is 23.2 Å². The molecule has 2 rings (SSSR count). The molecule has 0 aliphatic rings. The zero-order valence-corrected chi connectivity index (χ0v) is 15.1. The average molecular weight is 438 g/mol. The number of nitrogens with one attached hydrogen (secondary N) is 1. The van der Waals surface area contributed by atoms with Gasteiger partial charge in [-0.15, -0.1) is 0 Å². The summed E-state index contributed by atoms with van der Waals surface area (Å²) in [5.41, 5.74) is 1.51. The lowest BCUT2D eigenvalue weighted by Crippen LogP contribution is -2.24. The quantitative estimate of drug-likeness (QED) is 0.580. The van der Waals surface area contributed by atoms with Crippen molar-refractivity contribution in [2.45, 2.75) is 19.4 Å². The number of rotatable bonds is 5. The molecule has 0 spiro atoms. The van der Waals surface area contributed by atoms with Crippen LogP contribution in [0.4, 0.5) is 4.39 Å². The van der Waals surface area contributed by atoms with Gasteiger partial charge in [0.25, 0.3) is 0 Å². The molecule has 0 aliphatic carbocycles. The van der Waals surface area contributed by atoms with Crippen LogP contribution in [0.5, 0.6) is 0 Å². The fourth-order valence-corrected chi connectivity index (χ4v) is 2.81. The molecule has 5 heteroatoms. The van der Waals surface area contributed by atoms with Crippen LogP contribution in [0.25, 0.3) is 0 Å². The summed E-state index contributed by atoms with van der Waals surface area (Å²) < 4.78 is 15.2. The smallest absolute Gasteiger partial charge is 0.129 e. The Morgan fingerprint density at radius 2 is 1.95 bits per heavy atom. The summed E-state index contributed by atoms with van der Waals surface area (Å²) in [7, 11) is 0. The van der Waals surface area contributed by atoms with Gasteiger partial charge in [0.2, 0.25) is 0 Å². The van der Waals surface area contributed by atoms with Gasteiger partial charge in [-0.05, 0) is 65.4 Å². The largest absolute Gasteiger partial charge is 0.306 e. The van der Waals surface area contributed by atoms with Gasteiger partial charge in [-0.2, -0.15) is 0 Å². The molecule has 0 saturated carbocycles. The van der Waals surface area contributed by atoms with Crippen molar-refractivity contribution in [3.63, 3.8) is 0 Å². The summed E-state index contributed by atoms with van der Waals surface area (Å²) in [5.74, 6) is -0.314. The highest BCUT2D eigenvalue weighted by atomic mass is 127. The Kier molecular flexibility index (Phi) is 6.29. The topological polar surface area (TPSA) is 12.0 Å². The van der Waals surface area contributed by atoms with Crippen LogP contribution in [0.15, 0.2) is 36.4 Å². The fraction of sp³-hybridized carbons (Fsp3) is 0.250. The SMILES string of the molecule is CCCNC(c1ccc(I)c(Cl)c1)c1ccc(Cl)cc1F. The molecule has 0 fully saturated rings. The van der Waals surface area contributed by atoms with Gasteiger partial charge in [0.15, 0.2) is 0 Å². The Balaban J connectivity index is 2.44. The van der Waals surface area contributed by atoms with E-state index in [1.165, 1.54) is 6.07 Å². The number of hydrogen-bond donors (Lipinski definition) is 1. The Morgan fingerprint density at radius 1 is 1.19 bits per heavy atom. The molecule has 0 aliphatic heterocycles. The van der Waals surface area contributed by atoms with Gasteiger partial charge in [-0.1, -0.05) is 42.3 Å². The second-order valence-corrected chi connectivity index (χ2v) is 6.73. The van der Waals surface area contributed by atoms with Crippen molar-refractivity contribution >= 4 is 45.8 Å². The van der Waals surface area contributed by atoms with Crippen LogP contribution in [0.1, 0.15) is 30.5 Å². The number of halogens is 4. The first-order chi connectivity index (χ1) is 10.0. The molecule has 0 heterocycles. The van der Waals surface area contributed by atoms with E-state index in [9.17, 15) is 4.39 Å². The van der Waals surface area contributed by atoms with Crippen molar-refractivity contribution in [1.82, 2.24) is 5.32 Å². The Morgan fingerprint density at radius 3 is 2.57 bits per heavy atom. The molecule has 2 aromatic rings.